The molecule has 0 radical (unpaired) electrons. The van der Waals surface area contributed by atoms with Gasteiger partial charge in [0.15, 0.2) is 0 Å². The molecule has 5 heteroatoms. The number of anilines is 1. The van der Waals surface area contributed by atoms with Crippen LogP contribution in [0.1, 0.15) is 51.8 Å². The van der Waals surface area contributed by atoms with Crippen molar-refractivity contribution < 1.29 is 4.79 Å². The molecule has 1 saturated carbocycles. The SMILES string of the molecule is Cc1cc(C(N)=O)c(NC(c2ncccc2C)C2CC2)nc1C. The van der Waals surface area contributed by atoms with Crippen molar-refractivity contribution in [2.75, 3.05) is 5.32 Å². The van der Waals surface area contributed by atoms with Crippen molar-refractivity contribution in [1.29, 1.82) is 0 Å². The summed E-state index contributed by atoms with van der Waals surface area (Å²) in [6.07, 6.45) is 4.12. The molecule has 2 aromatic rings. The first-order valence-electron chi connectivity index (χ1n) is 7.93. The molecule has 1 aliphatic carbocycles. The van der Waals surface area contributed by atoms with Crippen molar-refractivity contribution in [1.82, 2.24) is 9.97 Å². The van der Waals surface area contributed by atoms with E-state index in [-0.39, 0.29) is 6.04 Å². The molecule has 0 aliphatic heterocycles. The van der Waals surface area contributed by atoms with Crippen molar-refractivity contribution >= 4 is 11.7 Å². The maximum atomic E-state index is 11.8. The molecule has 0 spiro atoms. The third kappa shape index (κ3) is 3.18. The number of nitrogens with one attached hydrogen (secondary N) is 1. The smallest absolute Gasteiger partial charge is 0.252 e. The predicted molar refractivity (Wildman–Crippen MR) is 90.3 cm³/mol. The van der Waals surface area contributed by atoms with Crippen LogP contribution >= 0.6 is 0 Å². The summed E-state index contributed by atoms with van der Waals surface area (Å²) in [7, 11) is 0. The van der Waals surface area contributed by atoms with Crippen molar-refractivity contribution in [3.63, 3.8) is 0 Å². The number of rotatable bonds is 5. The van der Waals surface area contributed by atoms with E-state index in [0.29, 0.717) is 17.3 Å². The number of hydrogen-bond donors (Lipinski definition) is 2. The Morgan fingerprint density at radius 3 is 2.65 bits per heavy atom. The van der Waals surface area contributed by atoms with Gasteiger partial charge < -0.3 is 11.1 Å². The summed E-state index contributed by atoms with van der Waals surface area (Å²) in [5.74, 6) is 0.616. The van der Waals surface area contributed by atoms with Gasteiger partial charge >= 0.3 is 0 Å². The summed E-state index contributed by atoms with van der Waals surface area (Å²) in [5, 5.41) is 3.44. The van der Waals surface area contributed by atoms with Crippen LogP contribution in [0.15, 0.2) is 24.4 Å². The van der Waals surface area contributed by atoms with Crippen LogP contribution in [0, 0.1) is 26.7 Å². The first kappa shape index (κ1) is 15.5. The number of primary amides is 1. The number of nitrogens with zero attached hydrogens (tertiary/aromatic N) is 2. The zero-order valence-corrected chi connectivity index (χ0v) is 13.8. The van der Waals surface area contributed by atoms with E-state index in [1.54, 1.807) is 0 Å². The largest absolute Gasteiger partial charge is 0.365 e. The van der Waals surface area contributed by atoms with E-state index in [1.807, 2.05) is 32.2 Å². The molecular formula is C18H22N4O. The summed E-state index contributed by atoms with van der Waals surface area (Å²) >= 11 is 0. The average Bonchev–Trinajstić information content (AvgIpc) is 3.33. The second-order valence-corrected chi connectivity index (χ2v) is 6.32. The molecule has 1 amide bonds. The van der Waals surface area contributed by atoms with E-state index in [1.165, 1.54) is 0 Å². The van der Waals surface area contributed by atoms with Crippen LogP contribution in [-0.2, 0) is 0 Å². The van der Waals surface area contributed by atoms with E-state index < -0.39 is 5.91 Å². The van der Waals surface area contributed by atoms with Gasteiger partial charge in [-0.1, -0.05) is 6.07 Å². The normalized spacial score (nSPS) is 15.3. The molecule has 1 atom stereocenters. The Bertz CT molecular complexity index is 753. The lowest BCUT2D eigenvalue weighted by Gasteiger charge is -2.22. The fourth-order valence-electron chi connectivity index (χ4n) is 2.81. The zero-order valence-electron chi connectivity index (χ0n) is 13.8. The van der Waals surface area contributed by atoms with Crippen molar-refractivity contribution in [3.8, 4) is 0 Å². The number of aryl methyl sites for hydroxylation is 3. The van der Waals surface area contributed by atoms with E-state index in [2.05, 4.69) is 28.3 Å². The maximum Gasteiger partial charge on any atom is 0.252 e. The Morgan fingerprint density at radius 2 is 2.04 bits per heavy atom. The Kier molecular flexibility index (Phi) is 4.03. The molecule has 120 valence electrons. The lowest BCUT2D eigenvalue weighted by atomic mass is 10.0. The van der Waals surface area contributed by atoms with Gasteiger partial charge in [-0.15, -0.1) is 0 Å². The first-order chi connectivity index (χ1) is 11.0. The van der Waals surface area contributed by atoms with Gasteiger partial charge in [0.25, 0.3) is 5.91 Å². The predicted octanol–water partition coefficient (Wildman–Crippen LogP) is 3.06. The Labute approximate surface area is 136 Å². The minimum absolute atomic E-state index is 0.0592. The van der Waals surface area contributed by atoms with Gasteiger partial charge in [0.2, 0.25) is 0 Å². The molecular weight excluding hydrogens is 288 g/mol. The topological polar surface area (TPSA) is 80.9 Å². The highest BCUT2D eigenvalue weighted by atomic mass is 16.1. The van der Waals surface area contributed by atoms with E-state index in [0.717, 1.165) is 35.4 Å². The number of nitrogens with two attached hydrogens (primary N) is 1. The number of amides is 1. The fourth-order valence-corrected chi connectivity index (χ4v) is 2.81. The van der Waals surface area contributed by atoms with E-state index in [9.17, 15) is 4.79 Å². The number of hydrogen-bond acceptors (Lipinski definition) is 4. The molecule has 3 N–H and O–H groups in total. The Hall–Kier alpha value is -2.43. The molecule has 5 nitrogen and oxygen atoms in total. The minimum Gasteiger partial charge on any atom is -0.365 e. The summed E-state index contributed by atoms with van der Waals surface area (Å²) in [6.45, 7) is 5.92. The van der Waals surface area contributed by atoms with Crippen LogP contribution in [0.4, 0.5) is 5.82 Å². The third-order valence-electron chi connectivity index (χ3n) is 4.46. The van der Waals surface area contributed by atoms with Gasteiger partial charge in [-0.3, -0.25) is 9.78 Å². The van der Waals surface area contributed by atoms with Gasteiger partial charge in [-0.25, -0.2) is 4.98 Å². The van der Waals surface area contributed by atoms with Gasteiger partial charge in [0.1, 0.15) is 5.82 Å². The lowest BCUT2D eigenvalue weighted by molar-refractivity contribution is 0.100. The monoisotopic (exact) mass is 310 g/mol. The molecule has 1 aliphatic rings. The molecule has 1 unspecified atom stereocenters. The van der Waals surface area contributed by atoms with Gasteiger partial charge in [-0.05, 0) is 62.8 Å². The summed E-state index contributed by atoms with van der Waals surface area (Å²) in [5.41, 5.74) is 9.98. The molecule has 0 bridgehead atoms. The molecule has 1 fully saturated rings. The van der Waals surface area contributed by atoms with Crippen LogP contribution in [0.3, 0.4) is 0 Å². The van der Waals surface area contributed by atoms with Crippen molar-refractivity contribution in [2.45, 2.75) is 39.7 Å². The molecule has 3 rings (SSSR count). The second-order valence-electron chi connectivity index (χ2n) is 6.32. The number of aromatic nitrogens is 2. The van der Waals surface area contributed by atoms with Crippen LogP contribution in [0.2, 0.25) is 0 Å². The quantitative estimate of drug-likeness (QED) is 0.889. The lowest BCUT2D eigenvalue weighted by Crippen LogP contribution is -2.21. The molecule has 2 heterocycles. The number of carbonyl (C=O) groups excluding carboxylic acids is 1. The maximum absolute atomic E-state index is 11.8. The van der Waals surface area contributed by atoms with Crippen LogP contribution in [0.5, 0.6) is 0 Å². The average molecular weight is 310 g/mol. The van der Waals surface area contributed by atoms with Crippen LogP contribution < -0.4 is 11.1 Å². The minimum atomic E-state index is -0.463. The van der Waals surface area contributed by atoms with Gasteiger partial charge in [0, 0.05) is 11.9 Å². The summed E-state index contributed by atoms with van der Waals surface area (Å²) in [6, 6.07) is 5.86. The van der Waals surface area contributed by atoms with E-state index in [4.69, 9.17) is 5.73 Å². The van der Waals surface area contributed by atoms with Crippen LogP contribution in [0.25, 0.3) is 0 Å². The standard InChI is InChI=1S/C18H22N4O/c1-10-5-4-8-20-15(10)16(13-6-7-13)22-18-14(17(19)23)9-11(2)12(3)21-18/h4-5,8-9,13,16H,6-7H2,1-3H3,(H2,19,23)(H,21,22). The Balaban J connectivity index is 2.00. The van der Waals surface area contributed by atoms with Crippen molar-refractivity contribution in [2.24, 2.45) is 11.7 Å². The molecule has 0 saturated heterocycles. The molecule has 23 heavy (non-hydrogen) atoms. The highest BCUT2D eigenvalue weighted by molar-refractivity contribution is 5.97. The van der Waals surface area contributed by atoms with E-state index >= 15 is 0 Å². The van der Waals surface area contributed by atoms with Crippen molar-refractivity contribution in [3.05, 3.63) is 52.5 Å². The highest BCUT2D eigenvalue weighted by Crippen LogP contribution is 2.43. The second kappa shape index (κ2) is 5.99. The summed E-state index contributed by atoms with van der Waals surface area (Å²) in [4.78, 5) is 20.9. The Morgan fingerprint density at radius 1 is 1.30 bits per heavy atom. The van der Waals surface area contributed by atoms with Crippen LogP contribution in [-0.4, -0.2) is 15.9 Å². The molecule has 0 aromatic carbocycles. The fraction of sp³-hybridized carbons (Fsp3) is 0.389. The third-order valence-corrected chi connectivity index (χ3v) is 4.46. The van der Waals surface area contributed by atoms with Gasteiger partial charge in [0.05, 0.1) is 17.3 Å². The number of carbonyl (C=O) groups is 1. The first-order valence-corrected chi connectivity index (χ1v) is 7.93. The van der Waals surface area contributed by atoms with Gasteiger partial charge in [-0.2, -0.15) is 0 Å². The molecule has 2 aromatic heterocycles. The number of pyridine rings is 2. The zero-order chi connectivity index (χ0) is 16.6. The highest BCUT2D eigenvalue weighted by Gasteiger charge is 2.35. The summed E-state index contributed by atoms with van der Waals surface area (Å²) < 4.78 is 0.